The van der Waals surface area contributed by atoms with Crippen LogP contribution in [0.5, 0.6) is 0 Å². The number of hydrogen-bond acceptors (Lipinski definition) is 5. The molecule has 0 aromatic carbocycles. The molecule has 1 aromatic heterocycles. The van der Waals surface area contributed by atoms with Crippen LogP contribution in [0.2, 0.25) is 5.02 Å². The summed E-state index contributed by atoms with van der Waals surface area (Å²) < 4.78 is 10.2. The Balaban J connectivity index is 2.10. The Bertz CT molecular complexity index is 680. The molecule has 7 heteroatoms. The predicted octanol–water partition coefficient (Wildman–Crippen LogP) is 3.73. The van der Waals surface area contributed by atoms with Crippen molar-refractivity contribution >= 4 is 29.2 Å². The number of carbonyl (C=O) groups is 1. The molecule has 1 amide bonds. The summed E-state index contributed by atoms with van der Waals surface area (Å²) in [6, 6.07) is 1.66. The zero-order valence-electron chi connectivity index (χ0n) is 14.4. The van der Waals surface area contributed by atoms with Crippen LogP contribution in [0.25, 0.3) is 5.57 Å². The van der Waals surface area contributed by atoms with Crippen molar-refractivity contribution < 1.29 is 14.3 Å². The second-order valence-corrected chi connectivity index (χ2v) is 6.90. The molecule has 1 aromatic rings. The van der Waals surface area contributed by atoms with Crippen LogP contribution in [0.4, 0.5) is 4.79 Å². The molecule has 0 aliphatic carbocycles. The van der Waals surface area contributed by atoms with Crippen LogP contribution in [0, 0.1) is 5.41 Å². The van der Waals surface area contributed by atoms with Crippen LogP contribution < -0.4 is 0 Å². The summed E-state index contributed by atoms with van der Waals surface area (Å²) in [7, 11) is 1.43. The number of carbonyl (C=O) groups excluding carboxylic acids is 1. The standard InChI is InChI=1S/C17H22ClN3O3/c1-17(2,3)24-16(22)21-7-5-11(6-8-21)14-13(18)9-12(10-20-14)15(19)23-4/h5,9-10,19H,6-8H2,1-4H3. The van der Waals surface area contributed by atoms with Crippen molar-refractivity contribution in [2.75, 3.05) is 20.2 Å². The van der Waals surface area contributed by atoms with E-state index >= 15 is 0 Å². The first-order chi connectivity index (χ1) is 11.2. The van der Waals surface area contributed by atoms with E-state index < -0.39 is 5.60 Å². The van der Waals surface area contributed by atoms with Crippen LogP contribution in [0.15, 0.2) is 18.3 Å². The third-order valence-corrected chi connectivity index (χ3v) is 3.76. The van der Waals surface area contributed by atoms with Gasteiger partial charge >= 0.3 is 6.09 Å². The van der Waals surface area contributed by atoms with Crippen molar-refractivity contribution in [2.45, 2.75) is 32.8 Å². The number of hydrogen-bond donors (Lipinski definition) is 1. The van der Waals surface area contributed by atoms with Crippen LogP contribution >= 0.6 is 11.6 Å². The van der Waals surface area contributed by atoms with Crippen molar-refractivity contribution in [3.8, 4) is 0 Å². The lowest BCUT2D eigenvalue weighted by Crippen LogP contribution is -2.39. The van der Waals surface area contributed by atoms with Gasteiger partial charge in [-0.15, -0.1) is 0 Å². The van der Waals surface area contributed by atoms with Gasteiger partial charge in [-0.3, -0.25) is 10.4 Å². The Morgan fingerprint density at radius 3 is 2.62 bits per heavy atom. The van der Waals surface area contributed by atoms with E-state index in [2.05, 4.69) is 4.98 Å². The quantitative estimate of drug-likeness (QED) is 0.650. The van der Waals surface area contributed by atoms with Crippen molar-refractivity contribution in [2.24, 2.45) is 0 Å². The summed E-state index contributed by atoms with van der Waals surface area (Å²) in [5.41, 5.74) is 1.68. The third-order valence-electron chi connectivity index (χ3n) is 3.47. The van der Waals surface area contributed by atoms with Gasteiger partial charge in [0.2, 0.25) is 5.90 Å². The Morgan fingerprint density at radius 1 is 1.42 bits per heavy atom. The van der Waals surface area contributed by atoms with Gasteiger partial charge in [-0.1, -0.05) is 17.7 Å². The van der Waals surface area contributed by atoms with Gasteiger partial charge in [0.25, 0.3) is 0 Å². The van der Waals surface area contributed by atoms with E-state index in [9.17, 15) is 4.79 Å². The second kappa shape index (κ2) is 7.21. The highest BCUT2D eigenvalue weighted by molar-refractivity contribution is 6.32. The highest BCUT2D eigenvalue weighted by atomic mass is 35.5. The molecule has 1 aliphatic heterocycles. The summed E-state index contributed by atoms with van der Waals surface area (Å²) in [6.07, 6.45) is 3.82. The Kier molecular flexibility index (Phi) is 5.49. The molecule has 1 aliphatic rings. The molecule has 0 atom stereocenters. The number of nitrogens with one attached hydrogen (secondary N) is 1. The Labute approximate surface area is 146 Å². The predicted molar refractivity (Wildman–Crippen MR) is 93.5 cm³/mol. The minimum absolute atomic E-state index is 0.0182. The molecule has 0 spiro atoms. The number of pyridine rings is 1. The molecule has 0 saturated carbocycles. The molecule has 130 valence electrons. The first kappa shape index (κ1) is 18.3. The summed E-state index contributed by atoms with van der Waals surface area (Å²) in [4.78, 5) is 18.1. The fourth-order valence-electron chi connectivity index (χ4n) is 2.29. The lowest BCUT2D eigenvalue weighted by molar-refractivity contribution is 0.0270. The van der Waals surface area contributed by atoms with Crippen LogP contribution in [0.3, 0.4) is 0 Å². The summed E-state index contributed by atoms with van der Waals surface area (Å²) in [6.45, 7) is 6.54. The number of methoxy groups -OCH3 is 1. The molecule has 0 saturated heterocycles. The SMILES string of the molecule is COC(=N)c1cnc(C2=CCN(C(=O)OC(C)(C)C)CC2)c(Cl)c1. The fraction of sp³-hybridized carbons (Fsp3) is 0.471. The first-order valence-electron chi connectivity index (χ1n) is 7.67. The summed E-state index contributed by atoms with van der Waals surface area (Å²) in [5, 5.41) is 8.11. The average Bonchev–Trinajstić information content (AvgIpc) is 2.52. The van der Waals surface area contributed by atoms with Crippen molar-refractivity contribution in [3.05, 3.63) is 34.6 Å². The molecule has 0 fully saturated rings. The monoisotopic (exact) mass is 351 g/mol. The number of amides is 1. The van der Waals surface area contributed by atoms with Crippen molar-refractivity contribution in [1.82, 2.24) is 9.88 Å². The maximum Gasteiger partial charge on any atom is 0.410 e. The Hall–Kier alpha value is -2.08. The zero-order valence-corrected chi connectivity index (χ0v) is 15.1. The lowest BCUT2D eigenvalue weighted by atomic mass is 10.0. The molecule has 24 heavy (non-hydrogen) atoms. The number of aromatic nitrogens is 1. The van der Waals surface area contributed by atoms with E-state index in [0.717, 1.165) is 5.57 Å². The molecule has 2 rings (SSSR count). The van der Waals surface area contributed by atoms with Gasteiger partial charge in [0.1, 0.15) is 5.60 Å². The summed E-state index contributed by atoms with van der Waals surface area (Å²) in [5.74, 6) is 0.0182. The normalized spacial score (nSPS) is 14.9. The first-order valence-corrected chi connectivity index (χ1v) is 8.05. The van der Waals surface area contributed by atoms with Gasteiger partial charge in [-0.05, 0) is 38.8 Å². The van der Waals surface area contributed by atoms with Gasteiger partial charge in [-0.25, -0.2) is 4.79 Å². The molecule has 0 unspecified atom stereocenters. The molecule has 0 bridgehead atoms. The van der Waals surface area contributed by atoms with Gasteiger partial charge in [-0.2, -0.15) is 0 Å². The number of rotatable bonds is 2. The van der Waals surface area contributed by atoms with E-state index in [-0.39, 0.29) is 12.0 Å². The van der Waals surface area contributed by atoms with E-state index in [4.69, 9.17) is 26.5 Å². The highest BCUT2D eigenvalue weighted by Gasteiger charge is 2.24. The third kappa shape index (κ3) is 4.47. The van der Waals surface area contributed by atoms with Crippen LogP contribution in [-0.2, 0) is 9.47 Å². The molecule has 0 radical (unpaired) electrons. The lowest BCUT2D eigenvalue weighted by Gasteiger charge is -2.29. The van der Waals surface area contributed by atoms with E-state index in [1.165, 1.54) is 7.11 Å². The van der Waals surface area contributed by atoms with E-state index in [0.29, 0.717) is 35.8 Å². The summed E-state index contributed by atoms with van der Waals surface area (Å²) >= 11 is 6.29. The minimum Gasteiger partial charge on any atom is -0.481 e. The second-order valence-electron chi connectivity index (χ2n) is 6.49. The average molecular weight is 352 g/mol. The van der Waals surface area contributed by atoms with E-state index in [1.54, 1.807) is 17.2 Å². The maximum absolute atomic E-state index is 12.1. The van der Waals surface area contributed by atoms with E-state index in [1.807, 2.05) is 26.8 Å². The van der Waals surface area contributed by atoms with Crippen LogP contribution in [0.1, 0.15) is 38.4 Å². The van der Waals surface area contributed by atoms with Gasteiger partial charge in [0.15, 0.2) is 0 Å². The van der Waals surface area contributed by atoms with Crippen molar-refractivity contribution in [3.63, 3.8) is 0 Å². The van der Waals surface area contributed by atoms with Gasteiger partial charge in [0.05, 0.1) is 23.4 Å². The molecule has 1 N–H and O–H groups in total. The molecular weight excluding hydrogens is 330 g/mol. The molecule has 2 heterocycles. The minimum atomic E-state index is -0.506. The van der Waals surface area contributed by atoms with Crippen LogP contribution in [-0.4, -0.2) is 47.7 Å². The van der Waals surface area contributed by atoms with Crippen molar-refractivity contribution in [1.29, 1.82) is 5.41 Å². The zero-order chi connectivity index (χ0) is 17.9. The van der Waals surface area contributed by atoms with Gasteiger partial charge in [0, 0.05) is 19.3 Å². The topological polar surface area (TPSA) is 75.5 Å². The number of halogens is 1. The number of ether oxygens (including phenoxy) is 2. The smallest absolute Gasteiger partial charge is 0.410 e. The maximum atomic E-state index is 12.1. The number of nitrogens with zero attached hydrogens (tertiary/aromatic N) is 2. The highest BCUT2D eigenvalue weighted by Crippen LogP contribution is 2.28. The molecular formula is C17H22ClN3O3. The Morgan fingerprint density at radius 2 is 2.12 bits per heavy atom. The van der Waals surface area contributed by atoms with Gasteiger partial charge < -0.3 is 14.4 Å². The fourth-order valence-corrected chi connectivity index (χ4v) is 2.58. The molecule has 6 nitrogen and oxygen atoms in total. The largest absolute Gasteiger partial charge is 0.481 e.